The van der Waals surface area contributed by atoms with Crippen molar-refractivity contribution < 1.29 is 14.2 Å². The zero-order valence-corrected chi connectivity index (χ0v) is 13.5. The Bertz CT molecular complexity index is 658. The van der Waals surface area contributed by atoms with Crippen LogP contribution >= 0.6 is 12.2 Å². The van der Waals surface area contributed by atoms with Crippen molar-refractivity contribution in [1.82, 2.24) is 0 Å². The summed E-state index contributed by atoms with van der Waals surface area (Å²) in [5.74, 6) is 1.99. The van der Waals surface area contributed by atoms with Crippen LogP contribution in [0.25, 0.3) is 0 Å². The first-order valence-electron chi connectivity index (χ1n) is 6.91. The normalized spacial score (nSPS) is 10.1. The van der Waals surface area contributed by atoms with E-state index in [0.717, 1.165) is 11.3 Å². The van der Waals surface area contributed by atoms with Crippen LogP contribution in [0.2, 0.25) is 0 Å². The molecule has 0 amide bonds. The van der Waals surface area contributed by atoms with Gasteiger partial charge < -0.3 is 19.9 Å². The zero-order chi connectivity index (χ0) is 15.9. The minimum atomic E-state index is 0.272. The van der Waals surface area contributed by atoms with E-state index >= 15 is 0 Å². The quantitative estimate of drug-likeness (QED) is 0.628. The Morgan fingerprint density at radius 2 is 1.68 bits per heavy atom. The number of para-hydroxylation sites is 2. The third-order valence-electron chi connectivity index (χ3n) is 3.15. The van der Waals surface area contributed by atoms with E-state index in [0.29, 0.717) is 30.3 Å². The molecule has 0 aliphatic heterocycles. The van der Waals surface area contributed by atoms with E-state index < -0.39 is 0 Å². The van der Waals surface area contributed by atoms with Gasteiger partial charge in [-0.1, -0.05) is 36.5 Å². The van der Waals surface area contributed by atoms with Gasteiger partial charge in [-0.05, 0) is 30.7 Å². The summed E-state index contributed by atoms with van der Waals surface area (Å²) in [6.07, 6.45) is 0. The summed E-state index contributed by atoms with van der Waals surface area (Å²) in [5.41, 5.74) is 7.46. The minimum absolute atomic E-state index is 0.272. The number of hydrogen-bond donors (Lipinski definition) is 1. The fraction of sp³-hybridized carbons (Fsp3) is 0.235. The van der Waals surface area contributed by atoms with E-state index in [1.807, 2.05) is 43.3 Å². The summed E-state index contributed by atoms with van der Waals surface area (Å²) in [7, 11) is 1.58. The molecule has 0 fully saturated rings. The number of ether oxygens (including phenoxy) is 3. The van der Waals surface area contributed by atoms with Gasteiger partial charge >= 0.3 is 0 Å². The first kappa shape index (κ1) is 16.1. The molecule has 0 aromatic heterocycles. The van der Waals surface area contributed by atoms with Crippen LogP contribution in [-0.4, -0.2) is 25.3 Å². The fourth-order valence-electron chi connectivity index (χ4n) is 2.03. The number of benzene rings is 2. The van der Waals surface area contributed by atoms with Crippen LogP contribution in [0, 0.1) is 6.92 Å². The van der Waals surface area contributed by atoms with Crippen molar-refractivity contribution in [3.8, 4) is 17.2 Å². The van der Waals surface area contributed by atoms with E-state index in [2.05, 4.69) is 0 Å². The van der Waals surface area contributed by atoms with Crippen molar-refractivity contribution in [1.29, 1.82) is 0 Å². The van der Waals surface area contributed by atoms with Gasteiger partial charge in [-0.15, -0.1) is 0 Å². The van der Waals surface area contributed by atoms with Crippen LogP contribution in [0.1, 0.15) is 11.1 Å². The first-order valence-corrected chi connectivity index (χ1v) is 7.32. The molecule has 4 nitrogen and oxygen atoms in total. The van der Waals surface area contributed by atoms with Crippen LogP contribution in [-0.2, 0) is 0 Å². The molecule has 0 radical (unpaired) electrons. The molecular formula is C17H19NO3S. The van der Waals surface area contributed by atoms with Gasteiger partial charge in [0, 0.05) is 0 Å². The molecule has 2 N–H and O–H groups in total. The van der Waals surface area contributed by atoms with Crippen molar-refractivity contribution in [3.63, 3.8) is 0 Å². The maximum absolute atomic E-state index is 5.76. The number of methoxy groups -OCH3 is 1. The van der Waals surface area contributed by atoms with Crippen LogP contribution in [0.4, 0.5) is 0 Å². The molecule has 2 rings (SSSR count). The van der Waals surface area contributed by atoms with Gasteiger partial charge in [0.15, 0.2) is 11.5 Å². The minimum Gasteiger partial charge on any atom is -0.493 e. The lowest BCUT2D eigenvalue weighted by Crippen LogP contribution is -2.15. The fourth-order valence-corrected chi connectivity index (χ4v) is 2.19. The second-order valence-corrected chi connectivity index (χ2v) is 5.10. The number of aryl methyl sites for hydroxylation is 1. The Balaban J connectivity index is 2.00. The predicted molar refractivity (Wildman–Crippen MR) is 91.1 cm³/mol. The standard InChI is InChI=1S/C17H19NO3S/c1-12-6-3-4-8-14(12)20-10-11-21-16-13(17(18)22)7-5-9-15(16)19-2/h3-9H,10-11H2,1-2H3,(H2,18,22). The van der Waals surface area contributed by atoms with Crippen molar-refractivity contribution in [2.45, 2.75) is 6.92 Å². The maximum atomic E-state index is 5.76. The van der Waals surface area contributed by atoms with E-state index in [1.54, 1.807) is 13.2 Å². The van der Waals surface area contributed by atoms with E-state index in [9.17, 15) is 0 Å². The summed E-state index contributed by atoms with van der Waals surface area (Å²) in [5, 5.41) is 0. The lowest BCUT2D eigenvalue weighted by Gasteiger charge is -2.15. The zero-order valence-electron chi connectivity index (χ0n) is 12.7. The Hall–Kier alpha value is -2.27. The molecule has 0 unspecified atom stereocenters. The number of nitrogens with two attached hydrogens (primary N) is 1. The molecule has 0 saturated carbocycles. The third-order valence-corrected chi connectivity index (χ3v) is 3.37. The molecular weight excluding hydrogens is 298 g/mol. The Kier molecular flexibility index (Phi) is 5.61. The average molecular weight is 317 g/mol. The highest BCUT2D eigenvalue weighted by Crippen LogP contribution is 2.31. The van der Waals surface area contributed by atoms with Crippen LogP contribution in [0.3, 0.4) is 0 Å². The molecule has 5 heteroatoms. The second kappa shape index (κ2) is 7.66. The summed E-state index contributed by atoms with van der Waals surface area (Å²) < 4.78 is 16.8. The summed E-state index contributed by atoms with van der Waals surface area (Å²) in [6.45, 7) is 2.78. The highest BCUT2D eigenvalue weighted by atomic mass is 32.1. The molecule has 0 atom stereocenters. The molecule has 116 valence electrons. The number of rotatable bonds is 7. The Labute approximate surface area is 135 Å². The van der Waals surface area contributed by atoms with E-state index in [-0.39, 0.29) is 4.99 Å². The number of thiocarbonyl (C=S) groups is 1. The molecule has 0 saturated heterocycles. The summed E-state index contributed by atoms with van der Waals surface area (Å²) in [6, 6.07) is 13.3. The molecule has 0 aliphatic carbocycles. The molecule has 0 spiro atoms. The molecule has 0 aliphatic rings. The SMILES string of the molecule is COc1cccc(C(N)=S)c1OCCOc1ccccc1C. The summed E-state index contributed by atoms with van der Waals surface area (Å²) >= 11 is 5.04. The predicted octanol–water partition coefficient (Wildman–Crippen LogP) is 3.10. The average Bonchev–Trinajstić information content (AvgIpc) is 2.52. The Morgan fingerprint density at radius 1 is 1.00 bits per heavy atom. The maximum Gasteiger partial charge on any atom is 0.171 e. The van der Waals surface area contributed by atoms with Gasteiger partial charge in [0.05, 0.1) is 12.7 Å². The molecule has 22 heavy (non-hydrogen) atoms. The van der Waals surface area contributed by atoms with Gasteiger partial charge in [0.25, 0.3) is 0 Å². The topological polar surface area (TPSA) is 53.7 Å². The van der Waals surface area contributed by atoms with Crippen molar-refractivity contribution in [2.75, 3.05) is 20.3 Å². The molecule has 0 bridgehead atoms. The van der Waals surface area contributed by atoms with Gasteiger partial charge in [-0.3, -0.25) is 0 Å². The van der Waals surface area contributed by atoms with Crippen LogP contribution in [0.5, 0.6) is 17.2 Å². The van der Waals surface area contributed by atoms with Crippen LogP contribution in [0.15, 0.2) is 42.5 Å². The van der Waals surface area contributed by atoms with Gasteiger partial charge in [-0.25, -0.2) is 0 Å². The Morgan fingerprint density at radius 3 is 2.36 bits per heavy atom. The van der Waals surface area contributed by atoms with Gasteiger partial charge in [0.1, 0.15) is 24.0 Å². The van der Waals surface area contributed by atoms with Crippen molar-refractivity contribution in [2.24, 2.45) is 5.73 Å². The van der Waals surface area contributed by atoms with Crippen LogP contribution < -0.4 is 19.9 Å². The first-order chi connectivity index (χ1) is 10.6. The summed E-state index contributed by atoms with van der Waals surface area (Å²) in [4.78, 5) is 0.272. The van der Waals surface area contributed by atoms with E-state index in [1.165, 1.54) is 0 Å². The number of hydrogen-bond acceptors (Lipinski definition) is 4. The van der Waals surface area contributed by atoms with Gasteiger partial charge in [-0.2, -0.15) is 0 Å². The van der Waals surface area contributed by atoms with Crippen molar-refractivity contribution >= 4 is 17.2 Å². The smallest absolute Gasteiger partial charge is 0.171 e. The third kappa shape index (κ3) is 3.89. The second-order valence-electron chi connectivity index (χ2n) is 4.66. The lowest BCUT2D eigenvalue weighted by atomic mass is 10.2. The molecule has 2 aromatic rings. The lowest BCUT2D eigenvalue weighted by molar-refractivity contribution is 0.210. The largest absolute Gasteiger partial charge is 0.493 e. The highest BCUT2D eigenvalue weighted by Gasteiger charge is 2.12. The van der Waals surface area contributed by atoms with Crippen molar-refractivity contribution in [3.05, 3.63) is 53.6 Å². The van der Waals surface area contributed by atoms with E-state index in [4.69, 9.17) is 32.2 Å². The van der Waals surface area contributed by atoms with Gasteiger partial charge in [0.2, 0.25) is 0 Å². The molecule has 2 aromatic carbocycles. The highest BCUT2D eigenvalue weighted by molar-refractivity contribution is 7.80. The monoisotopic (exact) mass is 317 g/mol. The molecule has 0 heterocycles.